The van der Waals surface area contributed by atoms with Crippen LogP contribution in [0, 0.1) is 11.8 Å². The monoisotopic (exact) mass is 807 g/mol. The maximum absolute atomic E-state index is 14.7. The van der Waals surface area contributed by atoms with Crippen LogP contribution < -0.4 is 20.7 Å². The molecule has 3 aromatic rings. The molecule has 58 heavy (non-hydrogen) atoms. The van der Waals surface area contributed by atoms with Crippen LogP contribution in [0.3, 0.4) is 0 Å². The van der Waals surface area contributed by atoms with Crippen molar-refractivity contribution in [2.24, 2.45) is 11.8 Å². The number of hydrogen-bond donors (Lipinski definition) is 3. The number of allylic oxidation sites excluding steroid dienone is 1. The minimum atomic E-state index is -1.32. The molecule has 5 amide bonds. The molecule has 1 saturated heterocycles. The zero-order valence-corrected chi connectivity index (χ0v) is 33.3. The van der Waals surface area contributed by atoms with Crippen LogP contribution >= 0.6 is 11.6 Å². The lowest BCUT2D eigenvalue weighted by molar-refractivity contribution is -0.141. The summed E-state index contributed by atoms with van der Waals surface area (Å²) < 4.78 is 12.4. The molecule has 0 radical (unpaired) electrons. The number of benzene rings is 2. The Labute approximate surface area is 343 Å². The molecule has 12 nitrogen and oxygen atoms in total. The van der Waals surface area contributed by atoms with E-state index in [4.69, 9.17) is 26.1 Å². The fourth-order valence-corrected chi connectivity index (χ4v) is 8.59. The Morgan fingerprint density at radius 3 is 2.28 bits per heavy atom. The van der Waals surface area contributed by atoms with Gasteiger partial charge in [-0.15, -0.1) is 0 Å². The van der Waals surface area contributed by atoms with Gasteiger partial charge < -0.3 is 25.0 Å². The maximum Gasteiger partial charge on any atom is 0.408 e. The summed E-state index contributed by atoms with van der Waals surface area (Å²) in [4.78, 5) is 75.4. The van der Waals surface area contributed by atoms with Crippen molar-refractivity contribution in [3.63, 3.8) is 0 Å². The van der Waals surface area contributed by atoms with E-state index in [1.165, 1.54) is 4.90 Å². The third-order valence-corrected chi connectivity index (χ3v) is 12.3. The van der Waals surface area contributed by atoms with Crippen molar-refractivity contribution in [2.75, 3.05) is 6.54 Å². The zero-order chi connectivity index (χ0) is 40.2. The van der Waals surface area contributed by atoms with Crippen LogP contribution in [0.2, 0.25) is 5.02 Å². The average molecular weight is 808 g/mol. The number of ether oxygens (including phenoxy) is 2. The van der Waals surface area contributed by atoms with Crippen LogP contribution in [0.4, 0.5) is 4.79 Å². The summed E-state index contributed by atoms with van der Waals surface area (Å²) >= 11 is 6.21. The van der Waals surface area contributed by atoms with Crippen LogP contribution in [-0.2, 0) is 23.9 Å². The van der Waals surface area contributed by atoms with E-state index in [0.29, 0.717) is 41.4 Å². The van der Waals surface area contributed by atoms with Crippen LogP contribution in [-0.4, -0.2) is 76.0 Å². The predicted octanol–water partition coefficient (Wildman–Crippen LogP) is 6.90. The average Bonchev–Trinajstić information content (AvgIpc) is 4.09. The third kappa shape index (κ3) is 9.22. The molecule has 3 aliphatic carbocycles. The molecule has 5 aliphatic rings. The number of carbonyl (C=O) groups is 5. The molecule has 304 valence electrons. The largest absolute Gasteiger partial charge is 0.488 e. The summed E-state index contributed by atoms with van der Waals surface area (Å²) in [6.45, 7) is 0.0503. The summed E-state index contributed by atoms with van der Waals surface area (Å²) in [6.07, 6.45) is 11.4. The minimum absolute atomic E-state index is 0.0503. The number of carbonyl (C=O) groups excluding carboxylic acids is 5. The van der Waals surface area contributed by atoms with Gasteiger partial charge in [-0.25, -0.2) is 9.78 Å². The van der Waals surface area contributed by atoms with Crippen LogP contribution in [0.25, 0.3) is 22.5 Å². The van der Waals surface area contributed by atoms with Gasteiger partial charge in [-0.05, 0) is 76.3 Å². The highest BCUT2D eigenvalue weighted by Gasteiger charge is 2.61. The second-order valence-corrected chi connectivity index (χ2v) is 16.8. The van der Waals surface area contributed by atoms with Crippen LogP contribution in [0.1, 0.15) is 83.5 Å². The number of nitrogens with zero attached hydrogens (tertiary/aromatic N) is 2. The molecule has 2 aromatic carbocycles. The molecule has 0 unspecified atom stereocenters. The second-order valence-electron chi connectivity index (χ2n) is 16.4. The molecular weight excluding hydrogens is 758 g/mol. The number of amides is 5. The van der Waals surface area contributed by atoms with Crippen molar-refractivity contribution in [3.8, 4) is 28.3 Å². The van der Waals surface area contributed by atoms with Gasteiger partial charge >= 0.3 is 6.09 Å². The molecule has 4 fully saturated rings. The van der Waals surface area contributed by atoms with Gasteiger partial charge in [0.15, 0.2) is 0 Å². The first-order valence-electron chi connectivity index (χ1n) is 20.8. The van der Waals surface area contributed by atoms with E-state index in [1.807, 2.05) is 66.7 Å². The first-order chi connectivity index (χ1) is 28.1. The summed E-state index contributed by atoms with van der Waals surface area (Å²) in [5.74, 6) is -1.79. The van der Waals surface area contributed by atoms with Gasteiger partial charge in [0.2, 0.25) is 17.7 Å². The molecule has 0 bridgehead atoms. The smallest absolute Gasteiger partial charge is 0.408 e. The van der Waals surface area contributed by atoms with Crippen LogP contribution in [0.15, 0.2) is 78.9 Å². The number of pyridine rings is 1. The first kappa shape index (κ1) is 39.6. The summed E-state index contributed by atoms with van der Waals surface area (Å²) in [5.41, 5.74) is 1.72. The molecule has 8 rings (SSSR count). The van der Waals surface area contributed by atoms with Crippen molar-refractivity contribution in [1.29, 1.82) is 0 Å². The van der Waals surface area contributed by atoms with Crippen LogP contribution in [0.5, 0.6) is 5.75 Å². The highest BCUT2D eigenvalue weighted by molar-refractivity contribution is 6.30. The zero-order valence-electron chi connectivity index (χ0n) is 32.5. The number of fused-ring (bicyclic) bond motifs is 2. The molecule has 13 heteroatoms. The Bertz CT molecular complexity index is 2050. The first-order valence-corrected chi connectivity index (χ1v) is 21.1. The Morgan fingerprint density at radius 2 is 1.55 bits per heavy atom. The number of alkyl carbamates (subject to hydrolysis) is 1. The van der Waals surface area contributed by atoms with Gasteiger partial charge in [0.05, 0.1) is 17.9 Å². The van der Waals surface area contributed by atoms with Crippen molar-refractivity contribution in [2.45, 2.75) is 113 Å². The number of nitrogens with one attached hydrogen (secondary N) is 3. The number of halogens is 1. The molecule has 5 atom stereocenters. The fourth-order valence-electron chi connectivity index (χ4n) is 8.46. The number of hydrogen-bond acceptors (Lipinski definition) is 8. The van der Waals surface area contributed by atoms with Crippen molar-refractivity contribution in [1.82, 2.24) is 25.8 Å². The highest BCUT2D eigenvalue weighted by atomic mass is 35.5. The van der Waals surface area contributed by atoms with Crippen molar-refractivity contribution in [3.05, 3.63) is 83.9 Å². The maximum atomic E-state index is 14.7. The van der Waals surface area contributed by atoms with Crippen molar-refractivity contribution < 1.29 is 33.4 Å². The lowest BCUT2D eigenvalue weighted by Crippen LogP contribution is -2.58. The van der Waals surface area contributed by atoms with Gasteiger partial charge in [0.25, 0.3) is 5.91 Å². The van der Waals surface area contributed by atoms with E-state index in [9.17, 15) is 24.0 Å². The van der Waals surface area contributed by atoms with E-state index in [-0.39, 0.29) is 36.8 Å². The van der Waals surface area contributed by atoms with Gasteiger partial charge in [-0.2, -0.15) is 0 Å². The molecule has 0 spiro atoms. The quantitative estimate of drug-likeness (QED) is 0.164. The van der Waals surface area contributed by atoms with E-state index in [2.05, 4.69) is 16.0 Å². The SMILES string of the molecule is O=C(N[C@H]1CCCCC/C=C\[C@@H]2C[C@@]2(C(=O)NC(=O)C2CC2)NC(=O)[C@@H]2C[C@@H](Oc3cc(-c4ccccc4)nc(-c4ccc(Cl)cc4)c3)CN2C1=O)OC1CCCC1. The highest BCUT2D eigenvalue weighted by Crippen LogP contribution is 2.46. The standard InChI is InChI=1S/C45H50ClN5O7/c46-32-21-19-29(20-22-32)38-24-34(23-37(47-38)28-11-5-4-6-12-28)57-35-25-39-41(53)50-45(43(55)49-40(52)30-17-18-30)26-31(45)13-7-2-1-3-8-16-36(42(54)51(39)27-35)48-44(56)58-33-14-9-10-15-33/h4-7,11-13,19-24,30-31,33,35-36,39H,1-3,8-10,14-18,25-27H2,(H,48,56)(H,50,53)(H,49,52,55)/b13-7-/t31-,35-,36+,39+,45-/m1/s1. The Hall–Kier alpha value is -5.23. The topological polar surface area (TPSA) is 156 Å². The molecule has 3 heterocycles. The lowest BCUT2D eigenvalue weighted by atomic mass is 10.0. The number of rotatable bonds is 8. The Morgan fingerprint density at radius 1 is 0.845 bits per heavy atom. The van der Waals surface area contributed by atoms with Gasteiger partial charge in [0.1, 0.15) is 35.6 Å². The molecule has 3 saturated carbocycles. The molecular formula is C45H50ClN5O7. The van der Waals surface area contributed by atoms with Gasteiger partial charge in [0, 0.05) is 46.5 Å². The van der Waals surface area contributed by atoms with Gasteiger partial charge in [-0.1, -0.05) is 79.1 Å². The normalized spacial score (nSPS) is 26.9. The van der Waals surface area contributed by atoms with E-state index in [1.54, 1.807) is 12.1 Å². The second kappa shape index (κ2) is 17.3. The van der Waals surface area contributed by atoms with E-state index in [0.717, 1.165) is 68.9 Å². The summed E-state index contributed by atoms with van der Waals surface area (Å²) in [5, 5.41) is 9.03. The van der Waals surface area contributed by atoms with Crippen molar-refractivity contribution >= 4 is 41.3 Å². The van der Waals surface area contributed by atoms with E-state index >= 15 is 0 Å². The third-order valence-electron chi connectivity index (χ3n) is 12.0. The Balaban J connectivity index is 1.09. The number of imide groups is 1. The lowest BCUT2D eigenvalue weighted by Gasteiger charge is -2.30. The predicted molar refractivity (Wildman–Crippen MR) is 217 cm³/mol. The molecule has 3 N–H and O–H groups in total. The van der Waals surface area contributed by atoms with E-state index < -0.39 is 47.5 Å². The van der Waals surface area contributed by atoms with Gasteiger partial charge in [-0.3, -0.25) is 24.5 Å². The Kier molecular flexibility index (Phi) is 11.8. The number of aromatic nitrogens is 1. The molecule has 1 aromatic heterocycles. The summed E-state index contributed by atoms with van der Waals surface area (Å²) in [7, 11) is 0. The molecule has 2 aliphatic heterocycles. The summed E-state index contributed by atoms with van der Waals surface area (Å²) in [6, 6.07) is 18.8. The minimum Gasteiger partial charge on any atom is -0.488 e. The fraction of sp³-hybridized carbons (Fsp3) is 0.467.